The zero-order chi connectivity index (χ0) is 16.4. The number of piperidine rings is 1. The van der Waals surface area contributed by atoms with Crippen molar-refractivity contribution in [2.24, 2.45) is 11.8 Å². The smallest absolute Gasteiger partial charge is 0.159 e. The van der Waals surface area contributed by atoms with Crippen LogP contribution in [0.4, 0.5) is 0 Å². The Morgan fingerprint density at radius 2 is 2.17 bits per heavy atom. The number of benzene rings is 1. The highest BCUT2D eigenvalue weighted by molar-refractivity contribution is 5.93. The second-order valence-electron chi connectivity index (χ2n) is 7.48. The van der Waals surface area contributed by atoms with Gasteiger partial charge in [0.1, 0.15) is 0 Å². The van der Waals surface area contributed by atoms with E-state index in [-0.39, 0.29) is 5.78 Å². The molecule has 2 aromatic rings. The van der Waals surface area contributed by atoms with E-state index < -0.39 is 0 Å². The Morgan fingerprint density at radius 1 is 1.33 bits per heavy atom. The third-order valence-electron chi connectivity index (χ3n) is 6.40. The molecule has 3 aliphatic heterocycles. The lowest BCUT2D eigenvalue weighted by molar-refractivity contribution is -0.116. The topological polar surface area (TPSA) is 45.3 Å². The van der Waals surface area contributed by atoms with Crippen molar-refractivity contribution in [2.45, 2.75) is 31.8 Å². The maximum atomic E-state index is 12.1. The first kappa shape index (κ1) is 14.3. The average Bonchev–Trinajstić information content (AvgIpc) is 2.93. The van der Waals surface area contributed by atoms with Crippen LogP contribution in [0, 0.1) is 11.8 Å². The largest absolute Gasteiger partial charge is 0.500 e. The molecule has 1 fully saturated rings. The van der Waals surface area contributed by atoms with Crippen molar-refractivity contribution in [1.29, 1.82) is 0 Å². The van der Waals surface area contributed by atoms with Crippen LogP contribution in [-0.2, 0) is 16.0 Å². The fourth-order valence-corrected chi connectivity index (χ4v) is 5.20. The van der Waals surface area contributed by atoms with Crippen LogP contribution in [0.1, 0.15) is 30.6 Å². The number of likely N-dealkylation sites (N-methyl/N-ethyl adjacent to an activating group) is 1. The number of hydrogen-bond acceptors (Lipinski definition) is 3. The lowest BCUT2D eigenvalue weighted by atomic mass is 9.67. The fourth-order valence-electron chi connectivity index (χ4n) is 5.20. The van der Waals surface area contributed by atoms with Crippen LogP contribution in [0.2, 0.25) is 0 Å². The monoisotopic (exact) mass is 322 g/mol. The summed E-state index contributed by atoms with van der Waals surface area (Å²) in [7, 11) is 2.23. The quantitative estimate of drug-likeness (QED) is 0.877. The summed E-state index contributed by atoms with van der Waals surface area (Å²) in [5, 5.41) is 1.35. The molecule has 124 valence electrons. The molecular formula is C20H22N2O2. The van der Waals surface area contributed by atoms with Crippen LogP contribution in [0.5, 0.6) is 0 Å². The molecule has 1 N–H and O–H groups in total. The molecule has 4 nitrogen and oxygen atoms in total. The zero-order valence-corrected chi connectivity index (χ0v) is 14.1. The third-order valence-corrected chi connectivity index (χ3v) is 6.40. The first-order valence-electron chi connectivity index (χ1n) is 8.79. The Bertz CT molecular complexity index is 866. The van der Waals surface area contributed by atoms with E-state index in [9.17, 15) is 4.79 Å². The number of H-pyrrole nitrogens is 1. The maximum Gasteiger partial charge on any atom is 0.159 e. The lowest BCUT2D eigenvalue weighted by Crippen LogP contribution is -2.55. The predicted octanol–water partition coefficient (Wildman–Crippen LogP) is 3.20. The number of ether oxygens (including phenoxy) is 1. The number of carbonyl (C=O) groups is 1. The summed E-state index contributed by atoms with van der Waals surface area (Å²) in [6, 6.07) is 9.38. The molecule has 1 aromatic carbocycles. The normalized spacial score (nSPS) is 31.8. The molecule has 2 bridgehead atoms. The zero-order valence-electron chi connectivity index (χ0n) is 14.1. The fraction of sp³-hybridized carbons (Fsp3) is 0.450. The van der Waals surface area contributed by atoms with E-state index in [0.717, 1.165) is 25.0 Å². The van der Waals surface area contributed by atoms with Crippen LogP contribution in [0.15, 0.2) is 36.1 Å². The number of hydrogen-bond donors (Lipinski definition) is 1. The highest BCUT2D eigenvalue weighted by Crippen LogP contribution is 2.50. The van der Waals surface area contributed by atoms with E-state index in [1.807, 2.05) is 0 Å². The number of aromatic amines is 1. The first-order valence-corrected chi connectivity index (χ1v) is 8.79. The summed E-state index contributed by atoms with van der Waals surface area (Å²) in [5.74, 6) is 0.878. The predicted molar refractivity (Wildman–Crippen MR) is 92.6 cm³/mol. The molecule has 4 heterocycles. The molecule has 0 saturated carbocycles. The van der Waals surface area contributed by atoms with Gasteiger partial charge in [-0.25, -0.2) is 0 Å². The molecule has 3 aliphatic rings. The number of fused-ring (bicyclic) bond motifs is 8. The van der Waals surface area contributed by atoms with E-state index in [2.05, 4.69) is 41.2 Å². The summed E-state index contributed by atoms with van der Waals surface area (Å²) in [4.78, 5) is 18.2. The van der Waals surface area contributed by atoms with Gasteiger partial charge in [0.15, 0.2) is 5.78 Å². The summed E-state index contributed by atoms with van der Waals surface area (Å²) in [5.41, 5.74) is 4.93. The van der Waals surface area contributed by atoms with Crippen LogP contribution in [-0.4, -0.2) is 35.4 Å². The standard InChI is InChI=1S/C20H22N2O2/c1-11(23)15-9-24-10-16-13(15)7-19-20-14(8-18(16)22(19)2)12-5-3-4-6-17(12)21-20/h3-6,9,13,16,18-19,21H,7-8,10H2,1-2H3/t13-,16+,18-,19-/m0/s1. The summed E-state index contributed by atoms with van der Waals surface area (Å²) >= 11 is 0. The molecule has 4 heteroatoms. The Labute approximate surface area is 141 Å². The average molecular weight is 322 g/mol. The number of ketones is 1. The second-order valence-corrected chi connectivity index (χ2v) is 7.48. The Morgan fingerprint density at radius 3 is 3.00 bits per heavy atom. The van der Waals surface area contributed by atoms with Crippen molar-refractivity contribution in [2.75, 3.05) is 13.7 Å². The van der Waals surface area contributed by atoms with Crippen molar-refractivity contribution in [1.82, 2.24) is 9.88 Å². The third kappa shape index (κ3) is 1.80. The number of allylic oxidation sites excluding steroid dienone is 1. The Kier molecular flexibility index (Phi) is 2.95. The van der Waals surface area contributed by atoms with Crippen LogP contribution >= 0.6 is 0 Å². The number of nitrogens with zero attached hydrogens (tertiary/aromatic N) is 1. The van der Waals surface area contributed by atoms with E-state index in [4.69, 9.17) is 4.74 Å². The minimum atomic E-state index is 0.157. The Balaban J connectivity index is 1.64. The van der Waals surface area contributed by atoms with Crippen molar-refractivity contribution >= 4 is 16.7 Å². The maximum absolute atomic E-state index is 12.1. The lowest BCUT2D eigenvalue weighted by Gasteiger charge is -2.52. The van der Waals surface area contributed by atoms with Gasteiger partial charge in [-0.2, -0.15) is 0 Å². The molecule has 0 aliphatic carbocycles. The van der Waals surface area contributed by atoms with Gasteiger partial charge in [-0.1, -0.05) is 18.2 Å². The van der Waals surface area contributed by atoms with E-state index in [1.54, 1.807) is 13.2 Å². The van der Waals surface area contributed by atoms with Crippen LogP contribution in [0.3, 0.4) is 0 Å². The highest BCUT2D eigenvalue weighted by atomic mass is 16.5. The van der Waals surface area contributed by atoms with Gasteiger partial charge >= 0.3 is 0 Å². The minimum absolute atomic E-state index is 0.157. The number of carbonyl (C=O) groups excluding carboxylic acids is 1. The van der Waals surface area contributed by atoms with Gasteiger partial charge in [0, 0.05) is 34.1 Å². The summed E-state index contributed by atoms with van der Waals surface area (Å²) in [6.07, 6.45) is 3.74. The Hall–Kier alpha value is -2.07. The highest BCUT2D eigenvalue weighted by Gasteiger charge is 2.49. The molecule has 0 unspecified atom stereocenters. The number of aromatic nitrogens is 1. The van der Waals surface area contributed by atoms with Crippen LogP contribution < -0.4 is 0 Å². The van der Waals surface area contributed by atoms with Crippen molar-refractivity contribution in [3.8, 4) is 0 Å². The molecule has 0 spiro atoms. The minimum Gasteiger partial charge on any atom is -0.500 e. The second kappa shape index (κ2) is 4.96. The van der Waals surface area contributed by atoms with Gasteiger partial charge in [-0.15, -0.1) is 0 Å². The summed E-state index contributed by atoms with van der Waals surface area (Å²) in [6.45, 7) is 2.39. The van der Waals surface area contributed by atoms with Gasteiger partial charge in [0.2, 0.25) is 0 Å². The van der Waals surface area contributed by atoms with Gasteiger partial charge in [0.25, 0.3) is 0 Å². The van der Waals surface area contributed by atoms with E-state index in [1.165, 1.54) is 22.2 Å². The molecular weight excluding hydrogens is 300 g/mol. The molecule has 4 atom stereocenters. The number of para-hydroxylation sites is 1. The molecule has 0 amide bonds. The van der Waals surface area contributed by atoms with Crippen molar-refractivity contribution in [3.05, 3.63) is 47.4 Å². The van der Waals surface area contributed by atoms with Gasteiger partial charge in [-0.3, -0.25) is 9.69 Å². The van der Waals surface area contributed by atoms with Crippen LogP contribution in [0.25, 0.3) is 10.9 Å². The molecule has 1 aromatic heterocycles. The van der Waals surface area contributed by atoms with Gasteiger partial charge < -0.3 is 9.72 Å². The molecule has 5 rings (SSSR count). The van der Waals surface area contributed by atoms with Crippen molar-refractivity contribution in [3.63, 3.8) is 0 Å². The van der Waals surface area contributed by atoms with Gasteiger partial charge in [0.05, 0.1) is 18.9 Å². The molecule has 0 radical (unpaired) electrons. The van der Waals surface area contributed by atoms with Crippen molar-refractivity contribution < 1.29 is 9.53 Å². The SMILES string of the molecule is CC(=O)C1=COC[C@@H]2[C@H]1C[C@H]1c3[nH]c4ccccc4c3C[C@@H]2N1C. The number of rotatable bonds is 1. The summed E-state index contributed by atoms with van der Waals surface area (Å²) < 4.78 is 5.69. The van der Waals surface area contributed by atoms with E-state index >= 15 is 0 Å². The molecule has 24 heavy (non-hydrogen) atoms. The van der Waals surface area contributed by atoms with E-state index in [0.29, 0.717) is 23.9 Å². The molecule has 1 saturated heterocycles. The number of nitrogens with one attached hydrogen (secondary N) is 1. The van der Waals surface area contributed by atoms with Gasteiger partial charge in [-0.05, 0) is 44.4 Å². The number of Topliss-reactive ketones (excluding diaryl/α,β-unsaturated/α-hetero) is 1. The first-order chi connectivity index (χ1) is 11.6.